The van der Waals surface area contributed by atoms with E-state index in [4.69, 9.17) is 0 Å². The van der Waals surface area contributed by atoms with Crippen LogP contribution in [0.5, 0.6) is 0 Å². The predicted octanol–water partition coefficient (Wildman–Crippen LogP) is 5.07. The summed E-state index contributed by atoms with van der Waals surface area (Å²) in [6, 6.07) is 19.6. The molecule has 3 aromatic rings. The van der Waals surface area contributed by atoms with Crippen molar-refractivity contribution in [3.8, 4) is 0 Å². The van der Waals surface area contributed by atoms with Crippen LogP contribution in [0.2, 0.25) is 0 Å². The summed E-state index contributed by atoms with van der Waals surface area (Å²) in [7, 11) is 0. The van der Waals surface area contributed by atoms with Gasteiger partial charge >= 0.3 is 0 Å². The number of Topliss-reactive ketones (excluding diaryl/α,β-unsaturated/α-hetero) is 1. The monoisotopic (exact) mass is 401 g/mol. The summed E-state index contributed by atoms with van der Waals surface area (Å²) in [4.78, 5) is 27.5. The Balaban J connectivity index is 1.98. The lowest BCUT2D eigenvalue weighted by Gasteiger charge is -2.26. The second-order valence-electron chi connectivity index (χ2n) is 7.33. The molecule has 1 N–H and O–H groups in total. The van der Waals surface area contributed by atoms with Crippen LogP contribution in [0.3, 0.4) is 0 Å². The van der Waals surface area contributed by atoms with E-state index in [1.807, 2.05) is 37.3 Å². The second-order valence-corrected chi connectivity index (χ2v) is 7.33. The van der Waals surface area contributed by atoms with Gasteiger partial charge in [-0.3, -0.25) is 14.5 Å². The second kappa shape index (κ2) is 7.59. The number of para-hydroxylation sites is 1. The smallest absolute Gasteiger partial charge is 0.300 e. The van der Waals surface area contributed by atoms with Gasteiger partial charge < -0.3 is 5.11 Å². The Hall–Kier alpha value is -3.73. The molecular weight excluding hydrogens is 381 g/mol. The molecule has 30 heavy (non-hydrogen) atoms. The molecule has 1 unspecified atom stereocenters. The number of anilines is 1. The molecule has 0 aromatic heterocycles. The molecule has 1 atom stereocenters. The first-order valence-electron chi connectivity index (χ1n) is 9.58. The molecule has 0 spiro atoms. The van der Waals surface area contributed by atoms with Crippen molar-refractivity contribution in [2.45, 2.75) is 19.9 Å². The Morgan fingerprint density at radius 1 is 0.900 bits per heavy atom. The van der Waals surface area contributed by atoms with E-state index < -0.39 is 23.5 Å². The van der Waals surface area contributed by atoms with Gasteiger partial charge in [0.1, 0.15) is 11.6 Å². The third kappa shape index (κ3) is 3.18. The highest BCUT2D eigenvalue weighted by Crippen LogP contribution is 2.43. The highest BCUT2D eigenvalue weighted by atomic mass is 19.1. The van der Waals surface area contributed by atoms with Crippen LogP contribution in [0.25, 0.3) is 5.76 Å². The Kier molecular flexibility index (Phi) is 4.96. The Bertz CT molecular complexity index is 1180. The zero-order valence-corrected chi connectivity index (χ0v) is 16.6. The molecule has 1 amide bonds. The van der Waals surface area contributed by atoms with E-state index in [-0.39, 0.29) is 11.3 Å². The SMILES string of the molecule is Cc1cc(/C(O)=C2\C(=O)C(=O)N(c3ccccc3)C2c2ccccc2C)ccc1F. The number of hydrogen-bond donors (Lipinski definition) is 1. The first kappa shape index (κ1) is 19.6. The minimum absolute atomic E-state index is 0.0100. The van der Waals surface area contributed by atoms with Crippen LogP contribution >= 0.6 is 0 Å². The molecule has 4 rings (SSSR count). The third-order valence-corrected chi connectivity index (χ3v) is 5.39. The lowest BCUT2D eigenvalue weighted by atomic mass is 9.92. The third-order valence-electron chi connectivity index (χ3n) is 5.39. The van der Waals surface area contributed by atoms with Gasteiger partial charge in [-0.15, -0.1) is 0 Å². The minimum Gasteiger partial charge on any atom is -0.507 e. The Morgan fingerprint density at radius 2 is 1.57 bits per heavy atom. The summed E-state index contributed by atoms with van der Waals surface area (Å²) in [6.45, 7) is 3.47. The number of carbonyl (C=O) groups excluding carboxylic acids is 2. The predicted molar refractivity (Wildman–Crippen MR) is 114 cm³/mol. The summed E-state index contributed by atoms with van der Waals surface area (Å²) in [5, 5.41) is 11.1. The van der Waals surface area contributed by atoms with E-state index in [1.165, 1.54) is 23.1 Å². The van der Waals surface area contributed by atoms with Crippen LogP contribution in [0, 0.1) is 19.7 Å². The van der Waals surface area contributed by atoms with Gasteiger partial charge in [0.05, 0.1) is 11.6 Å². The van der Waals surface area contributed by atoms with Crippen molar-refractivity contribution in [1.82, 2.24) is 0 Å². The topological polar surface area (TPSA) is 57.6 Å². The highest BCUT2D eigenvalue weighted by Gasteiger charge is 2.47. The lowest BCUT2D eigenvalue weighted by Crippen LogP contribution is -2.29. The van der Waals surface area contributed by atoms with Gasteiger partial charge in [-0.2, -0.15) is 0 Å². The van der Waals surface area contributed by atoms with Crippen LogP contribution < -0.4 is 4.90 Å². The number of aliphatic hydroxyl groups excluding tert-OH is 1. The zero-order valence-electron chi connectivity index (χ0n) is 16.6. The molecule has 1 saturated heterocycles. The maximum absolute atomic E-state index is 13.7. The summed E-state index contributed by atoms with van der Waals surface area (Å²) in [6.07, 6.45) is 0. The Morgan fingerprint density at radius 3 is 2.23 bits per heavy atom. The molecule has 1 aliphatic heterocycles. The summed E-state index contributed by atoms with van der Waals surface area (Å²) < 4.78 is 13.7. The average molecular weight is 401 g/mol. The van der Waals surface area contributed by atoms with Crippen molar-refractivity contribution in [3.05, 3.63) is 106 Å². The molecule has 1 aliphatic rings. The van der Waals surface area contributed by atoms with Gasteiger partial charge in [0, 0.05) is 11.3 Å². The normalized spacial score (nSPS) is 18.1. The van der Waals surface area contributed by atoms with Crippen LogP contribution in [-0.2, 0) is 9.59 Å². The van der Waals surface area contributed by atoms with E-state index >= 15 is 0 Å². The maximum atomic E-state index is 13.7. The van der Waals surface area contributed by atoms with Crippen molar-refractivity contribution < 1.29 is 19.1 Å². The highest BCUT2D eigenvalue weighted by molar-refractivity contribution is 6.51. The summed E-state index contributed by atoms with van der Waals surface area (Å²) in [5.74, 6) is -2.21. The number of ketones is 1. The average Bonchev–Trinajstić information content (AvgIpc) is 3.01. The molecule has 4 nitrogen and oxygen atoms in total. The number of carbonyl (C=O) groups is 2. The van der Waals surface area contributed by atoms with Crippen molar-refractivity contribution in [2.24, 2.45) is 0 Å². The molecule has 5 heteroatoms. The number of benzene rings is 3. The largest absolute Gasteiger partial charge is 0.507 e. The van der Waals surface area contributed by atoms with Crippen LogP contribution in [0.1, 0.15) is 28.3 Å². The van der Waals surface area contributed by atoms with Crippen molar-refractivity contribution in [2.75, 3.05) is 4.90 Å². The van der Waals surface area contributed by atoms with E-state index in [1.54, 1.807) is 31.2 Å². The number of hydrogen-bond acceptors (Lipinski definition) is 3. The van der Waals surface area contributed by atoms with E-state index in [2.05, 4.69) is 0 Å². The van der Waals surface area contributed by atoms with Crippen LogP contribution in [0.15, 0.2) is 78.4 Å². The molecule has 0 aliphatic carbocycles. The van der Waals surface area contributed by atoms with Crippen LogP contribution in [0.4, 0.5) is 10.1 Å². The fraction of sp³-hybridized carbons (Fsp3) is 0.120. The number of halogens is 1. The van der Waals surface area contributed by atoms with E-state index in [9.17, 15) is 19.1 Å². The van der Waals surface area contributed by atoms with Gasteiger partial charge in [-0.1, -0.05) is 42.5 Å². The molecule has 3 aromatic carbocycles. The quantitative estimate of drug-likeness (QED) is 0.379. The van der Waals surface area contributed by atoms with Gasteiger partial charge in [0.25, 0.3) is 11.7 Å². The Labute approximate surface area is 173 Å². The summed E-state index contributed by atoms with van der Waals surface area (Å²) in [5.41, 5.74) is 2.79. The van der Waals surface area contributed by atoms with E-state index in [0.717, 1.165) is 11.1 Å². The van der Waals surface area contributed by atoms with Crippen LogP contribution in [-0.4, -0.2) is 16.8 Å². The number of aryl methyl sites for hydroxylation is 2. The zero-order chi connectivity index (χ0) is 21.4. The lowest BCUT2D eigenvalue weighted by molar-refractivity contribution is -0.132. The number of amides is 1. The molecule has 150 valence electrons. The number of rotatable bonds is 3. The first-order chi connectivity index (χ1) is 14.4. The fourth-order valence-corrected chi connectivity index (χ4v) is 3.82. The molecule has 1 heterocycles. The van der Waals surface area contributed by atoms with Crippen molar-refractivity contribution >= 4 is 23.1 Å². The molecule has 1 fully saturated rings. The maximum Gasteiger partial charge on any atom is 0.300 e. The van der Waals surface area contributed by atoms with Gasteiger partial charge in [0.2, 0.25) is 0 Å². The molecule has 0 radical (unpaired) electrons. The minimum atomic E-state index is -0.793. The summed E-state index contributed by atoms with van der Waals surface area (Å²) >= 11 is 0. The molecular formula is C25H20FNO3. The molecule has 0 bridgehead atoms. The van der Waals surface area contributed by atoms with Gasteiger partial charge in [-0.25, -0.2) is 4.39 Å². The van der Waals surface area contributed by atoms with Crippen molar-refractivity contribution in [3.63, 3.8) is 0 Å². The standard InChI is InChI=1S/C25H20FNO3/c1-15-8-6-7-11-19(15)22-21(23(28)17-12-13-20(26)16(2)14-17)24(29)25(30)27(22)18-9-4-3-5-10-18/h3-14,22,28H,1-2H3/b23-21+. The number of nitrogens with zero attached hydrogens (tertiary/aromatic N) is 1. The van der Waals surface area contributed by atoms with Gasteiger partial charge in [0.15, 0.2) is 0 Å². The van der Waals surface area contributed by atoms with E-state index in [0.29, 0.717) is 16.8 Å². The first-order valence-corrected chi connectivity index (χ1v) is 9.58. The van der Waals surface area contributed by atoms with Crippen molar-refractivity contribution in [1.29, 1.82) is 0 Å². The molecule has 0 saturated carbocycles. The van der Waals surface area contributed by atoms with Gasteiger partial charge in [-0.05, 0) is 60.9 Å². The number of aliphatic hydroxyl groups is 1. The fourth-order valence-electron chi connectivity index (χ4n) is 3.82.